The van der Waals surface area contributed by atoms with Gasteiger partial charge in [-0.05, 0) is 13.0 Å². The molecule has 1 aromatic rings. The van der Waals surface area contributed by atoms with Gasteiger partial charge in [0, 0.05) is 17.9 Å². The van der Waals surface area contributed by atoms with Crippen molar-refractivity contribution in [3.05, 3.63) is 20.3 Å². The molecule has 86 valence electrons. The smallest absolute Gasteiger partial charge is 0.151 e. The molecular formula is C8H11Cl2NO2S2. The Bertz CT molecular complexity index is 455. The van der Waals surface area contributed by atoms with Crippen molar-refractivity contribution >= 4 is 44.4 Å². The zero-order valence-corrected chi connectivity index (χ0v) is 11.3. The van der Waals surface area contributed by atoms with E-state index in [9.17, 15) is 8.42 Å². The van der Waals surface area contributed by atoms with E-state index >= 15 is 0 Å². The number of sulfone groups is 1. The van der Waals surface area contributed by atoms with Gasteiger partial charge >= 0.3 is 0 Å². The van der Waals surface area contributed by atoms with Crippen LogP contribution < -0.4 is 5.73 Å². The van der Waals surface area contributed by atoms with Crippen LogP contribution in [0.4, 0.5) is 0 Å². The van der Waals surface area contributed by atoms with Gasteiger partial charge in [0.15, 0.2) is 9.84 Å². The zero-order chi connectivity index (χ0) is 11.8. The lowest BCUT2D eigenvalue weighted by Crippen LogP contribution is -2.30. The Hall–Kier alpha value is 0.190. The normalized spacial score (nSPS) is 16.3. The highest BCUT2D eigenvalue weighted by atomic mass is 35.5. The molecule has 15 heavy (non-hydrogen) atoms. The molecule has 2 N–H and O–H groups in total. The first kappa shape index (κ1) is 13.3. The summed E-state index contributed by atoms with van der Waals surface area (Å²) in [5, 5.41) is -0.680. The van der Waals surface area contributed by atoms with Crippen molar-refractivity contribution in [1.29, 1.82) is 0 Å². The third-order valence-corrected chi connectivity index (χ3v) is 5.39. The lowest BCUT2D eigenvalue weighted by Gasteiger charge is -2.17. The molecule has 0 saturated carbocycles. The minimum Gasteiger partial charge on any atom is -0.323 e. The molecule has 0 saturated heterocycles. The first-order chi connectivity index (χ1) is 6.73. The van der Waals surface area contributed by atoms with Crippen molar-refractivity contribution in [3.8, 4) is 0 Å². The molecule has 1 aromatic heterocycles. The van der Waals surface area contributed by atoms with E-state index in [2.05, 4.69) is 0 Å². The van der Waals surface area contributed by atoms with Gasteiger partial charge in [0.05, 0.1) is 13.9 Å². The number of halogens is 2. The van der Waals surface area contributed by atoms with Crippen LogP contribution in [0.25, 0.3) is 0 Å². The highest BCUT2D eigenvalue weighted by Gasteiger charge is 2.26. The summed E-state index contributed by atoms with van der Waals surface area (Å²) < 4.78 is 23.6. The van der Waals surface area contributed by atoms with E-state index in [1.807, 2.05) is 0 Å². The maximum absolute atomic E-state index is 11.3. The van der Waals surface area contributed by atoms with Crippen molar-refractivity contribution < 1.29 is 8.42 Å². The van der Waals surface area contributed by atoms with Crippen LogP contribution in [-0.4, -0.2) is 19.9 Å². The fourth-order valence-electron chi connectivity index (χ4n) is 1.10. The molecule has 2 atom stereocenters. The Morgan fingerprint density at radius 3 is 2.33 bits per heavy atom. The number of thiophene rings is 1. The Morgan fingerprint density at radius 1 is 1.47 bits per heavy atom. The zero-order valence-electron chi connectivity index (χ0n) is 8.20. The predicted molar refractivity (Wildman–Crippen MR) is 65.6 cm³/mol. The lowest BCUT2D eigenvalue weighted by molar-refractivity contribution is 0.571. The Kier molecular flexibility index (Phi) is 4.06. The molecule has 0 radical (unpaired) electrons. The van der Waals surface area contributed by atoms with E-state index in [0.717, 1.165) is 6.26 Å². The van der Waals surface area contributed by atoms with Crippen LogP contribution in [0.3, 0.4) is 0 Å². The average Bonchev–Trinajstić information content (AvgIpc) is 2.41. The van der Waals surface area contributed by atoms with Gasteiger partial charge in [0.2, 0.25) is 0 Å². The molecule has 0 aliphatic heterocycles. The van der Waals surface area contributed by atoms with Crippen LogP contribution in [0.15, 0.2) is 6.07 Å². The van der Waals surface area contributed by atoms with Crippen LogP contribution in [0, 0.1) is 0 Å². The highest BCUT2D eigenvalue weighted by Crippen LogP contribution is 2.36. The summed E-state index contributed by atoms with van der Waals surface area (Å²) in [5.41, 5.74) is 6.41. The second-order valence-corrected chi connectivity index (χ2v) is 8.03. The quantitative estimate of drug-likeness (QED) is 0.929. The number of nitrogens with two attached hydrogens (primary N) is 1. The van der Waals surface area contributed by atoms with E-state index in [1.165, 1.54) is 11.3 Å². The van der Waals surface area contributed by atoms with Crippen LogP contribution in [0.2, 0.25) is 8.67 Å². The van der Waals surface area contributed by atoms with Gasteiger partial charge in [-0.3, -0.25) is 0 Å². The summed E-state index contributed by atoms with van der Waals surface area (Å²) in [6.07, 6.45) is 1.15. The molecule has 0 bridgehead atoms. The van der Waals surface area contributed by atoms with Crippen LogP contribution >= 0.6 is 34.5 Å². The molecular weight excluding hydrogens is 277 g/mol. The van der Waals surface area contributed by atoms with Gasteiger partial charge < -0.3 is 5.73 Å². The van der Waals surface area contributed by atoms with Crippen molar-refractivity contribution in [2.24, 2.45) is 5.73 Å². The molecule has 2 unspecified atom stereocenters. The van der Waals surface area contributed by atoms with E-state index < -0.39 is 21.1 Å². The van der Waals surface area contributed by atoms with Gasteiger partial charge in [-0.25, -0.2) is 8.42 Å². The van der Waals surface area contributed by atoms with Gasteiger partial charge in [0.1, 0.15) is 0 Å². The maximum Gasteiger partial charge on any atom is 0.151 e. The van der Waals surface area contributed by atoms with Crippen LogP contribution in [0.5, 0.6) is 0 Å². The summed E-state index contributed by atoms with van der Waals surface area (Å²) in [6, 6.07) is 0.970. The van der Waals surface area contributed by atoms with Crippen LogP contribution in [0.1, 0.15) is 18.5 Å². The lowest BCUT2D eigenvalue weighted by atomic mass is 10.1. The van der Waals surface area contributed by atoms with Crippen molar-refractivity contribution in [3.63, 3.8) is 0 Å². The summed E-state index contributed by atoms with van der Waals surface area (Å²) in [6.45, 7) is 1.56. The molecule has 0 aliphatic carbocycles. The Labute approximate surface area is 103 Å². The topological polar surface area (TPSA) is 60.2 Å². The van der Waals surface area contributed by atoms with Crippen molar-refractivity contribution in [1.82, 2.24) is 0 Å². The molecule has 0 fully saturated rings. The highest BCUT2D eigenvalue weighted by molar-refractivity contribution is 7.91. The van der Waals surface area contributed by atoms with Gasteiger partial charge in [-0.15, -0.1) is 11.3 Å². The summed E-state index contributed by atoms with van der Waals surface area (Å²) in [5.74, 6) is 0. The largest absolute Gasteiger partial charge is 0.323 e. The molecule has 0 aromatic carbocycles. The third kappa shape index (κ3) is 3.07. The molecule has 0 aliphatic rings. The fraction of sp³-hybridized carbons (Fsp3) is 0.500. The minimum absolute atomic E-state index is 0.447. The summed E-state index contributed by atoms with van der Waals surface area (Å²) in [7, 11) is -3.18. The van der Waals surface area contributed by atoms with Gasteiger partial charge in [0.25, 0.3) is 0 Å². The number of hydrogen-bond donors (Lipinski definition) is 1. The van der Waals surface area contributed by atoms with Crippen LogP contribution in [-0.2, 0) is 9.84 Å². The third-order valence-electron chi connectivity index (χ3n) is 2.22. The van der Waals surface area contributed by atoms with Crippen molar-refractivity contribution in [2.45, 2.75) is 18.2 Å². The Balaban J connectivity index is 3.05. The van der Waals surface area contributed by atoms with Gasteiger partial charge in [-0.2, -0.15) is 0 Å². The average molecular weight is 288 g/mol. The first-order valence-corrected chi connectivity index (χ1v) is 7.65. The predicted octanol–water partition coefficient (Wildman–Crippen LogP) is 2.49. The SMILES string of the molecule is CC(C(N)c1cc(Cl)sc1Cl)S(C)(=O)=O. The van der Waals surface area contributed by atoms with E-state index in [1.54, 1.807) is 13.0 Å². The second-order valence-electron chi connectivity index (χ2n) is 3.34. The van der Waals surface area contributed by atoms with Gasteiger partial charge in [-0.1, -0.05) is 23.2 Å². The maximum atomic E-state index is 11.3. The monoisotopic (exact) mass is 287 g/mol. The standard InChI is InChI=1S/C8H11Cl2NO2S2/c1-4(15(2,12)13)7(11)5-3-6(9)14-8(5)10/h3-4,7H,11H2,1-2H3. The molecule has 0 amide bonds. The molecule has 7 heteroatoms. The van der Waals surface area contributed by atoms with E-state index in [4.69, 9.17) is 28.9 Å². The van der Waals surface area contributed by atoms with E-state index in [-0.39, 0.29) is 0 Å². The molecule has 3 nitrogen and oxygen atoms in total. The van der Waals surface area contributed by atoms with Crippen molar-refractivity contribution in [2.75, 3.05) is 6.26 Å². The fourth-order valence-corrected chi connectivity index (χ4v) is 3.35. The molecule has 1 heterocycles. The first-order valence-electron chi connectivity index (χ1n) is 4.12. The van der Waals surface area contributed by atoms with E-state index in [0.29, 0.717) is 14.2 Å². The summed E-state index contributed by atoms with van der Waals surface area (Å²) in [4.78, 5) is 0. The summed E-state index contributed by atoms with van der Waals surface area (Å²) >= 11 is 12.8. The number of hydrogen-bond acceptors (Lipinski definition) is 4. The molecule has 1 rings (SSSR count). The molecule has 0 spiro atoms. The number of rotatable bonds is 3. The minimum atomic E-state index is -3.18. The Morgan fingerprint density at radius 2 is 2.00 bits per heavy atom. The second kappa shape index (κ2) is 4.59.